The molecule has 2 aromatic rings. The number of carbonyl (C=O) groups excluding carboxylic acids is 2. The van der Waals surface area contributed by atoms with Crippen LogP contribution in [0, 0.1) is 5.92 Å². The van der Waals surface area contributed by atoms with E-state index in [2.05, 4.69) is 16.2 Å². The topological polar surface area (TPSA) is 104 Å². The van der Waals surface area contributed by atoms with E-state index < -0.39 is 21.0 Å². The summed E-state index contributed by atoms with van der Waals surface area (Å²) in [5.74, 6) is -1.20. The van der Waals surface area contributed by atoms with E-state index in [0.29, 0.717) is 17.8 Å². The summed E-state index contributed by atoms with van der Waals surface area (Å²) in [6.45, 7) is 7.50. The van der Waals surface area contributed by atoms with Crippen LogP contribution in [0.15, 0.2) is 46.7 Å². The number of hydrazine groups is 1. The molecule has 2 heterocycles. The van der Waals surface area contributed by atoms with Crippen molar-refractivity contribution in [2.45, 2.75) is 49.3 Å². The zero-order valence-corrected chi connectivity index (χ0v) is 19.6. The van der Waals surface area contributed by atoms with Crippen molar-refractivity contribution < 1.29 is 18.0 Å². The van der Waals surface area contributed by atoms with E-state index in [1.54, 1.807) is 29.6 Å². The number of hydrogen-bond acceptors (Lipinski definition) is 7. The van der Waals surface area contributed by atoms with E-state index in [1.165, 1.54) is 12.1 Å². The molecular weight excluding hydrogens is 434 g/mol. The molecule has 1 aliphatic heterocycles. The van der Waals surface area contributed by atoms with Gasteiger partial charge in [0.15, 0.2) is 5.37 Å². The zero-order valence-electron chi connectivity index (χ0n) is 18.0. The van der Waals surface area contributed by atoms with Crippen molar-refractivity contribution in [1.29, 1.82) is 0 Å². The lowest BCUT2D eigenvalue weighted by molar-refractivity contribution is -0.126. The first-order chi connectivity index (χ1) is 14.6. The van der Waals surface area contributed by atoms with Gasteiger partial charge in [0.2, 0.25) is 21.5 Å². The Morgan fingerprint density at radius 1 is 1.16 bits per heavy atom. The van der Waals surface area contributed by atoms with E-state index in [1.807, 2.05) is 20.8 Å². The Kier molecular flexibility index (Phi) is 7.31. The monoisotopic (exact) mass is 463 g/mol. The van der Waals surface area contributed by atoms with Crippen molar-refractivity contribution in [3.63, 3.8) is 0 Å². The molecule has 1 aromatic heterocycles. The molecule has 0 radical (unpaired) electrons. The van der Waals surface area contributed by atoms with Crippen LogP contribution in [0.2, 0.25) is 0 Å². The highest BCUT2D eigenvalue weighted by Gasteiger charge is 2.36. The van der Waals surface area contributed by atoms with Crippen molar-refractivity contribution in [3.8, 4) is 0 Å². The normalized spacial score (nSPS) is 18.4. The Hall–Kier alpha value is -2.07. The van der Waals surface area contributed by atoms with Gasteiger partial charge in [0.25, 0.3) is 0 Å². The number of Topliss-reactive ketones (excluding diaryl/α,β-unsaturated/α-hetero) is 1. The summed E-state index contributed by atoms with van der Waals surface area (Å²) in [4.78, 5) is 25.9. The predicted octanol–water partition coefficient (Wildman–Crippen LogP) is 2.65. The Labute approximate surface area is 187 Å². The number of piperidine rings is 1. The molecule has 31 heavy (non-hydrogen) atoms. The molecule has 1 fully saturated rings. The van der Waals surface area contributed by atoms with E-state index >= 15 is 0 Å². The Balaban J connectivity index is 1.86. The molecule has 0 spiro atoms. The number of sulfone groups is 1. The molecular formula is C22H29N3O4S2. The van der Waals surface area contributed by atoms with Crippen LogP contribution in [-0.4, -0.2) is 38.6 Å². The van der Waals surface area contributed by atoms with Crippen LogP contribution in [0.5, 0.6) is 0 Å². The van der Waals surface area contributed by atoms with Crippen LogP contribution in [0.1, 0.15) is 48.8 Å². The van der Waals surface area contributed by atoms with Crippen LogP contribution in [-0.2, 0) is 20.0 Å². The first kappa shape index (κ1) is 23.6. The SMILES string of the molecule is CC(C)(C)c1ccc(S(=O)(=O)C(NNC(=O)C2CCCNC2)C(=O)c2cccs2)cc1. The first-order valence-electron chi connectivity index (χ1n) is 10.3. The summed E-state index contributed by atoms with van der Waals surface area (Å²) in [5.41, 5.74) is 5.87. The number of thiophene rings is 1. The molecule has 2 unspecified atom stereocenters. The van der Waals surface area contributed by atoms with E-state index in [9.17, 15) is 18.0 Å². The average molecular weight is 464 g/mol. The van der Waals surface area contributed by atoms with Gasteiger partial charge >= 0.3 is 0 Å². The third kappa shape index (κ3) is 5.60. The van der Waals surface area contributed by atoms with E-state index in [4.69, 9.17) is 0 Å². The fraction of sp³-hybridized carbons (Fsp3) is 0.455. The molecule has 9 heteroatoms. The predicted molar refractivity (Wildman–Crippen MR) is 122 cm³/mol. The lowest BCUT2D eigenvalue weighted by Gasteiger charge is -2.24. The summed E-state index contributed by atoms with van der Waals surface area (Å²) in [7, 11) is -4.10. The fourth-order valence-corrected chi connectivity index (χ4v) is 5.61. The Bertz CT molecular complexity index is 1000. The van der Waals surface area contributed by atoms with Crippen LogP contribution >= 0.6 is 11.3 Å². The fourth-order valence-electron chi connectivity index (χ4n) is 3.43. The molecule has 3 N–H and O–H groups in total. The molecule has 1 aromatic carbocycles. The molecule has 0 saturated carbocycles. The molecule has 1 amide bonds. The van der Waals surface area contributed by atoms with Crippen molar-refractivity contribution in [2.75, 3.05) is 13.1 Å². The number of hydrogen-bond donors (Lipinski definition) is 3. The van der Waals surface area contributed by atoms with Crippen molar-refractivity contribution >= 4 is 32.9 Å². The Morgan fingerprint density at radius 2 is 1.87 bits per heavy atom. The number of rotatable bonds is 7. The first-order valence-corrected chi connectivity index (χ1v) is 12.7. The maximum atomic E-state index is 13.4. The summed E-state index contributed by atoms with van der Waals surface area (Å²) in [6.07, 6.45) is 1.58. The second-order valence-electron chi connectivity index (χ2n) is 8.72. The van der Waals surface area contributed by atoms with Crippen LogP contribution in [0.25, 0.3) is 0 Å². The van der Waals surface area contributed by atoms with Crippen molar-refractivity contribution in [3.05, 3.63) is 52.2 Å². The third-order valence-corrected chi connectivity index (χ3v) is 8.12. The molecule has 2 atom stereocenters. The number of carbonyl (C=O) groups is 2. The minimum absolute atomic E-state index is 0.0245. The standard InChI is InChI=1S/C22H29N3O4S2/c1-22(2,3)16-8-10-17(11-9-16)31(28,29)21(19(26)18-7-5-13-30-18)25-24-20(27)15-6-4-12-23-14-15/h5,7-11,13,15,21,23,25H,4,6,12,14H2,1-3H3,(H,24,27). The number of amides is 1. The van der Waals surface area contributed by atoms with Gasteiger partial charge in [-0.2, -0.15) is 0 Å². The van der Waals surface area contributed by atoms with Gasteiger partial charge < -0.3 is 5.32 Å². The minimum Gasteiger partial charge on any atom is -0.316 e. The molecule has 0 aliphatic carbocycles. The minimum atomic E-state index is -4.10. The number of benzene rings is 1. The summed E-state index contributed by atoms with van der Waals surface area (Å²) in [5, 5.41) is 3.24. The summed E-state index contributed by atoms with van der Waals surface area (Å²) in [6, 6.07) is 9.80. The molecule has 1 saturated heterocycles. The highest BCUT2D eigenvalue weighted by atomic mass is 32.2. The molecule has 168 valence electrons. The quantitative estimate of drug-likeness (QED) is 0.431. The van der Waals surface area contributed by atoms with Crippen molar-refractivity contribution in [1.82, 2.24) is 16.2 Å². The molecule has 3 rings (SSSR count). The van der Waals surface area contributed by atoms with Gasteiger partial charge in [-0.1, -0.05) is 39.0 Å². The molecule has 0 bridgehead atoms. The van der Waals surface area contributed by atoms with Crippen molar-refractivity contribution in [2.24, 2.45) is 5.92 Å². The largest absolute Gasteiger partial charge is 0.316 e. The zero-order chi connectivity index (χ0) is 22.6. The number of nitrogens with one attached hydrogen (secondary N) is 3. The smallest absolute Gasteiger partial charge is 0.238 e. The van der Waals surface area contributed by atoms with Gasteiger partial charge in [0.05, 0.1) is 15.7 Å². The van der Waals surface area contributed by atoms with Gasteiger partial charge in [0.1, 0.15) is 0 Å². The van der Waals surface area contributed by atoms with E-state index in [-0.39, 0.29) is 22.1 Å². The second kappa shape index (κ2) is 9.60. The molecule has 7 nitrogen and oxygen atoms in total. The van der Waals surface area contributed by atoms with Crippen LogP contribution < -0.4 is 16.2 Å². The van der Waals surface area contributed by atoms with E-state index in [0.717, 1.165) is 29.9 Å². The highest BCUT2D eigenvalue weighted by molar-refractivity contribution is 7.92. The lowest BCUT2D eigenvalue weighted by Crippen LogP contribution is -2.54. The van der Waals surface area contributed by atoms with Gasteiger partial charge in [-0.25, -0.2) is 13.8 Å². The summed E-state index contributed by atoms with van der Waals surface area (Å²) < 4.78 is 26.8. The summed E-state index contributed by atoms with van der Waals surface area (Å²) >= 11 is 1.16. The van der Waals surface area contributed by atoms with Gasteiger partial charge in [-0.05, 0) is 53.9 Å². The maximum Gasteiger partial charge on any atom is 0.238 e. The average Bonchev–Trinajstić information content (AvgIpc) is 3.28. The van der Waals surface area contributed by atoms with Gasteiger partial charge in [0, 0.05) is 6.54 Å². The maximum absolute atomic E-state index is 13.4. The van der Waals surface area contributed by atoms with Crippen LogP contribution in [0.3, 0.4) is 0 Å². The Morgan fingerprint density at radius 3 is 2.42 bits per heavy atom. The highest BCUT2D eigenvalue weighted by Crippen LogP contribution is 2.26. The number of ketones is 1. The third-order valence-electron chi connectivity index (χ3n) is 5.36. The van der Waals surface area contributed by atoms with Gasteiger partial charge in [-0.3, -0.25) is 15.0 Å². The van der Waals surface area contributed by atoms with Gasteiger partial charge in [-0.15, -0.1) is 11.3 Å². The molecule has 1 aliphatic rings. The lowest BCUT2D eigenvalue weighted by atomic mass is 9.87. The van der Waals surface area contributed by atoms with Crippen LogP contribution in [0.4, 0.5) is 0 Å². The second-order valence-corrected chi connectivity index (χ2v) is 11.7.